The zero-order chi connectivity index (χ0) is 14.5. The summed E-state index contributed by atoms with van der Waals surface area (Å²) in [5, 5.41) is 13.0. The summed E-state index contributed by atoms with van der Waals surface area (Å²) in [5.41, 5.74) is 2.66. The predicted octanol–water partition coefficient (Wildman–Crippen LogP) is 2.95. The lowest BCUT2D eigenvalue weighted by Crippen LogP contribution is -2.17. The first-order valence-electron chi connectivity index (χ1n) is 5.64. The number of phenols is 1. The normalized spacial score (nSPS) is 10.7. The molecule has 0 spiro atoms. The van der Waals surface area contributed by atoms with E-state index in [-0.39, 0.29) is 16.3 Å². The van der Waals surface area contributed by atoms with E-state index in [1.54, 1.807) is 0 Å². The fourth-order valence-electron chi connectivity index (χ4n) is 1.47. The molecule has 0 radical (unpaired) electrons. The van der Waals surface area contributed by atoms with Crippen molar-refractivity contribution in [2.24, 2.45) is 5.10 Å². The summed E-state index contributed by atoms with van der Waals surface area (Å²) in [6.07, 6.45) is 1.13. The van der Waals surface area contributed by atoms with Gasteiger partial charge in [0.15, 0.2) is 0 Å². The number of halogens is 2. The van der Waals surface area contributed by atoms with E-state index in [0.717, 1.165) is 6.21 Å². The smallest absolute Gasteiger partial charge is 0.271 e. The number of nitrogens with one attached hydrogen (secondary N) is 1. The van der Waals surface area contributed by atoms with Gasteiger partial charge >= 0.3 is 0 Å². The van der Waals surface area contributed by atoms with Gasteiger partial charge < -0.3 is 5.11 Å². The monoisotopic (exact) mass is 292 g/mol. The van der Waals surface area contributed by atoms with Gasteiger partial charge in [-0.1, -0.05) is 17.7 Å². The Hall–Kier alpha value is -2.40. The first kappa shape index (κ1) is 14.0. The molecule has 20 heavy (non-hydrogen) atoms. The zero-order valence-electron chi connectivity index (χ0n) is 10.2. The molecule has 2 aromatic carbocycles. The van der Waals surface area contributed by atoms with Crippen molar-refractivity contribution in [3.05, 3.63) is 64.4 Å². The third-order valence-electron chi connectivity index (χ3n) is 2.49. The highest BCUT2D eigenvalue weighted by molar-refractivity contribution is 6.33. The number of hydrogen-bond donors (Lipinski definition) is 2. The van der Waals surface area contributed by atoms with Gasteiger partial charge in [-0.3, -0.25) is 4.79 Å². The number of rotatable bonds is 3. The lowest BCUT2D eigenvalue weighted by Gasteiger charge is -2.01. The van der Waals surface area contributed by atoms with Crippen LogP contribution in [0.25, 0.3) is 0 Å². The van der Waals surface area contributed by atoms with Crippen molar-refractivity contribution in [2.75, 3.05) is 0 Å². The molecule has 1 amide bonds. The number of carbonyl (C=O) groups excluding carboxylic acids is 1. The minimum absolute atomic E-state index is 0.0585. The standard InChI is InChI=1S/C14H10ClFN2O2/c15-12-2-1-3-13(16)11(12)8-17-18-14(20)9-4-6-10(19)7-5-9/h1-8,19H,(H,18,20)/b17-8-. The minimum atomic E-state index is -0.528. The second-order valence-corrected chi connectivity index (χ2v) is 4.29. The molecule has 0 fully saturated rings. The summed E-state index contributed by atoms with van der Waals surface area (Å²) in [7, 11) is 0. The maximum Gasteiger partial charge on any atom is 0.271 e. The number of nitrogens with zero attached hydrogens (tertiary/aromatic N) is 1. The third kappa shape index (κ3) is 3.33. The quantitative estimate of drug-likeness (QED) is 0.675. The van der Waals surface area contributed by atoms with E-state index in [4.69, 9.17) is 16.7 Å². The molecule has 0 unspecified atom stereocenters. The molecule has 0 aromatic heterocycles. The number of amides is 1. The molecule has 0 aliphatic rings. The van der Waals surface area contributed by atoms with E-state index >= 15 is 0 Å². The van der Waals surface area contributed by atoms with Crippen LogP contribution >= 0.6 is 11.6 Å². The lowest BCUT2D eigenvalue weighted by molar-refractivity contribution is 0.0955. The fraction of sp³-hybridized carbons (Fsp3) is 0. The van der Waals surface area contributed by atoms with Crippen molar-refractivity contribution in [1.82, 2.24) is 5.43 Å². The Morgan fingerprint density at radius 1 is 1.25 bits per heavy atom. The molecule has 6 heteroatoms. The highest BCUT2D eigenvalue weighted by Crippen LogP contribution is 2.16. The van der Waals surface area contributed by atoms with Gasteiger partial charge in [0.1, 0.15) is 11.6 Å². The number of benzene rings is 2. The van der Waals surface area contributed by atoms with Crippen LogP contribution in [0.4, 0.5) is 4.39 Å². The summed E-state index contributed by atoms with van der Waals surface area (Å²) < 4.78 is 13.4. The lowest BCUT2D eigenvalue weighted by atomic mass is 10.2. The number of phenolic OH excluding ortho intramolecular Hbond substituents is 1. The molecule has 0 aliphatic carbocycles. The molecular weight excluding hydrogens is 283 g/mol. The van der Waals surface area contributed by atoms with Gasteiger partial charge in [0.2, 0.25) is 0 Å². The highest BCUT2D eigenvalue weighted by atomic mass is 35.5. The first-order chi connectivity index (χ1) is 9.58. The van der Waals surface area contributed by atoms with Crippen molar-refractivity contribution in [3.63, 3.8) is 0 Å². The van der Waals surface area contributed by atoms with Crippen molar-refractivity contribution in [1.29, 1.82) is 0 Å². The number of carbonyl (C=O) groups is 1. The van der Waals surface area contributed by atoms with Crippen molar-refractivity contribution in [3.8, 4) is 5.75 Å². The molecular formula is C14H10ClFN2O2. The van der Waals surface area contributed by atoms with Gasteiger partial charge in [0, 0.05) is 11.1 Å². The van der Waals surface area contributed by atoms with Gasteiger partial charge in [0.25, 0.3) is 5.91 Å². The van der Waals surface area contributed by atoms with Gasteiger partial charge in [-0.25, -0.2) is 9.82 Å². The van der Waals surface area contributed by atoms with Crippen LogP contribution in [0.2, 0.25) is 5.02 Å². The van der Waals surface area contributed by atoms with E-state index in [2.05, 4.69) is 10.5 Å². The highest BCUT2D eigenvalue weighted by Gasteiger charge is 2.05. The SMILES string of the molecule is O=C(N/N=C\c1c(F)cccc1Cl)c1ccc(O)cc1. The molecule has 0 saturated carbocycles. The Morgan fingerprint density at radius 2 is 1.95 bits per heavy atom. The second-order valence-electron chi connectivity index (χ2n) is 3.88. The molecule has 0 saturated heterocycles. The van der Waals surface area contributed by atoms with Gasteiger partial charge in [-0.2, -0.15) is 5.10 Å². The summed E-state index contributed by atoms with van der Waals surface area (Å²) in [6.45, 7) is 0. The fourth-order valence-corrected chi connectivity index (χ4v) is 1.68. The van der Waals surface area contributed by atoms with Crippen LogP contribution in [0, 0.1) is 5.82 Å². The minimum Gasteiger partial charge on any atom is -0.508 e. The third-order valence-corrected chi connectivity index (χ3v) is 2.82. The van der Waals surface area contributed by atoms with Gasteiger partial charge in [-0.05, 0) is 36.4 Å². The Labute approximate surface area is 119 Å². The number of aromatic hydroxyl groups is 1. The topological polar surface area (TPSA) is 61.7 Å². The molecule has 102 valence electrons. The summed E-state index contributed by atoms with van der Waals surface area (Å²) in [5.74, 6) is -0.947. The van der Waals surface area contributed by atoms with Crippen molar-refractivity contribution < 1.29 is 14.3 Å². The van der Waals surface area contributed by atoms with E-state index in [9.17, 15) is 9.18 Å². The zero-order valence-corrected chi connectivity index (χ0v) is 10.9. The second kappa shape index (κ2) is 6.16. The molecule has 0 heterocycles. The van der Waals surface area contributed by atoms with Crippen LogP contribution in [0.15, 0.2) is 47.6 Å². The van der Waals surface area contributed by atoms with Crippen LogP contribution in [-0.4, -0.2) is 17.2 Å². The Morgan fingerprint density at radius 3 is 2.60 bits per heavy atom. The van der Waals surface area contributed by atoms with Gasteiger partial charge in [-0.15, -0.1) is 0 Å². The molecule has 0 atom stereocenters. The summed E-state index contributed by atoms with van der Waals surface area (Å²) in [4.78, 5) is 11.7. The summed E-state index contributed by atoms with van der Waals surface area (Å²) >= 11 is 5.81. The van der Waals surface area contributed by atoms with Crippen LogP contribution < -0.4 is 5.43 Å². The van der Waals surface area contributed by atoms with E-state index in [0.29, 0.717) is 5.56 Å². The largest absolute Gasteiger partial charge is 0.508 e. The Balaban J connectivity index is 2.06. The molecule has 2 N–H and O–H groups in total. The van der Waals surface area contributed by atoms with Crippen LogP contribution in [0.5, 0.6) is 5.75 Å². The molecule has 2 aromatic rings. The van der Waals surface area contributed by atoms with Crippen LogP contribution in [0.1, 0.15) is 15.9 Å². The summed E-state index contributed by atoms with van der Waals surface area (Å²) in [6, 6.07) is 9.89. The average molecular weight is 293 g/mol. The molecule has 2 rings (SSSR count). The van der Waals surface area contributed by atoms with Crippen molar-refractivity contribution in [2.45, 2.75) is 0 Å². The first-order valence-corrected chi connectivity index (χ1v) is 6.02. The molecule has 0 aliphatic heterocycles. The van der Waals surface area contributed by atoms with E-state index in [1.165, 1.54) is 42.5 Å². The number of hydrogen-bond acceptors (Lipinski definition) is 3. The van der Waals surface area contributed by atoms with Crippen LogP contribution in [-0.2, 0) is 0 Å². The predicted molar refractivity (Wildman–Crippen MR) is 74.6 cm³/mol. The average Bonchev–Trinajstić information content (AvgIpc) is 2.42. The molecule has 0 bridgehead atoms. The number of hydrazone groups is 1. The molecule has 4 nitrogen and oxygen atoms in total. The van der Waals surface area contributed by atoms with Crippen LogP contribution in [0.3, 0.4) is 0 Å². The maximum absolute atomic E-state index is 13.4. The maximum atomic E-state index is 13.4. The van der Waals surface area contributed by atoms with E-state index in [1.807, 2.05) is 0 Å². The van der Waals surface area contributed by atoms with Crippen molar-refractivity contribution >= 4 is 23.7 Å². The van der Waals surface area contributed by atoms with E-state index < -0.39 is 11.7 Å². The Kier molecular flexibility index (Phi) is 4.32. The van der Waals surface area contributed by atoms with Gasteiger partial charge in [0.05, 0.1) is 11.2 Å². The Bertz CT molecular complexity index is 636.